The molecule has 1 aliphatic heterocycles. The molecule has 1 atom stereocenters. The van der Waals surface area contributed by atoms with Crippen molar-refractivity contribution in [2.75, 3.05) is 39.0 Å². The number of piperidine rings is 1. The van der Waals surface area contributed by atoms with Crippen LogP contribution in [0.5, 0.6) is 0 Å². The van der Waals surface area contributed by atoms with E-state index in [2.05, 4.69) is 23.8 Å². The van der Waals surface area contributed by atoms with E-state index >= 15 is 0 Å². The molecule has 0 radical (unpaired) electrons. The van der Waals surface area contributed by atoms with Crippen LogP contribution >= 0.6 is 0 Å². The number of rotatable bonds is 6. The molecule has 2 rings (SSSR count). The molecule has 1 heterocycles. The fourth-order valence-corrected chi connectivity index (χ4v) is 2.99. The van der Waals surface area contributed by atoms with Crippen molar-refractivity contribution in [1.29, 1.82) is 0 Å². The van der Waals surface area contributed by atoms with Crippen molar-refractivity contribution in [2.24, 2.45) is 0 Å². The topological polar surface area (TPSA) is 35.6 Å². The van der Waals surface area contributed by atoms with Crippen LogP contribution in [0.1, 0.15) is 29.6 Å². The van der Waals surface area contributed by atoms with E-state index in [0.717, 1.165) is 24.3 Å². The van der Waals surface area contributed by atoms with Crippen LogP contribution in [0.25, 0.3) is 0 Å². The van der Waals surface area contributed by atoms with E-state index in [0.29, 0.717) is 12.6 Å². The summed E-state index contributed by atoms with van der Waals surface area (Å²) in [6.07, 6.45) is 5.49. The number of carbonyl (C=O) groups is 1. The van der Waals surface area contributed by atoms with Crippen LogP contribution in [0, 0.1) is 0 Å². The first-order valence-electron chi connectivity index (χ1n) is 8.03. The smallest absolute Gasteiger partial charge is 0.255 e. The number of carbonyl (C=O) groups excluding carboxylic acids is 1. The molecule has 4 nitrogen and oxygen atoms in total. The van der Waals surface area contributed by atoms with E-state index in [9.17, 15) is 4.79 Å². The monoisotopic (exact) mass is 301 g/mol. The van der Waals surface area contributed by atoms with Crippen molar-refractivity contribution in [2.45, 2.75) is 25.3 Å². The number of likely N-dealkylation sites (N-methyl/N-ethyl adjacent to an activating group) is 2. The van der Waals surface area contributed by atoms with Gasteiger partial charge >= 0.3 is 0 Å². The Bertz CT molecular complexity index is 515. The number of benzene rings is 1. The third kappa shape index (κ3) is 4.10. The van der Waals surface area contributed by atoms with Crippen molar-refractivity contribution in [3.63, 3.8) is 0 Å². The van der Waals surface area contributed by atoms with Crippen molar-refractivity contribution in [3.8, 4) is 0 Å². The summed E-state index contributed by atoms with van der Waals surface area (Å²) >= 11 is 0. The maximum atomic E-state index is 12.8. The average molecular weight is 301 g/mol. The molecule has 1 fully saturated rings. The molecule has 1 amide bonds. The largest absolute Gasteiger partial charge is 0.381 e. The second kappa shape index (κ2) is 7.99. The number of anilines is 1. The van der Waals surface area contributed by atoms with Gasteiger partial charge in [0, 0.05) is 31.9 Å². The van der Waals surface area contributed by atoms with Crippen molar-refractivity contribution >= 4 is 11.6 Å². The minimum atomic E-state index is 0.0751. The molecular formula is C18H27N3O. The van der Waals surface area contributed by atoms with Gasteiger partial charge in [-0.2, -0.15) is 0 Å². The minimum Gasteiger partial charge on any atom is -0.381 e. The summed E-state index contributed by atoms with van der Waals surface area (Å²) < 4.78 is 0. The summed E-state index contributed by atoms with van der Waals surface area (Å²) in [5.41, 5.74) is 1.60. The van der Waals surface area contributed by atoms with Gasteiger partial charge in [-0.3, -0.25) is 4.79 Å². The van der Waals surface area contributed by atoms with Gasteiger partial charge in [-0.15, -0.1) is 6.58 Å². The lowest BCUT2D eigenvalue weighted by Gasteiger charge is -2.35. The molecule has 1 N–H and O–H groups in total. The number of nitrogens with one attached hydrogen (secondary N) is 1. The van der Waals surface area contributed by atoms with Gasteiger partial charge < -0.3 is 15.1 Å². The van der Waals surface area contributed by atoms with Crippen LogP contribution in [0.15, 0.2) is 36.9 Å². The Balaban J connectivity index is 2.05. The zero-order chi connectivity index (χ0) is 15.9. The van der Waals surface area contributed by atoms with E-state index in [1.54, 1.807) is 6.08 Å². The van der Waals surface area contributed by atoms with E-state index in [1.165, 1.54) is 19.3 Å². The molecule has 0 aromatic heterocycles. The summed E-state index contributed by atoms with van der Waals surface area (Å²) in [7, 11) is 4.05. The van der Waals surface area contributed by atoms with Crippen LogP contribution in [0.4, 0.5) is 5.69 Å². The standard InChI is InChI=1S/C18H27N3O/c1-4-12-19-17-11-6-5-10-16(17)18(22)21(3)14-15-9-7-8-13-20(15)2/h4-6,10-11,15,19H,1,7-9,12-14H2,2-3H3/t15-/m0/s1. The summed E-state index contributed by atoms with van der Waals surface area (Å²) in [5, 5.41) is 3.24. The van der Waals surface area contributed by atoms with Gasteiger partial charge in [0.25, 0.3) is 5.91 Å². The van der Waals surface area contributed by atoms with E-state index in [4.69, 9.17) is 0 Å². The predicted octanol–water partition coefficient (Wildman–Crippen LogP) is 2.84. The Hall–Kier alpha value is -1.81. The van der Waals surface area contributed by atoms with Gasteiger partial charge in [0.05, 0.1) is 5.56 Å². The highest BCUT2D eigenvalue weighted by Gasteiger charge is 2.23. The number of amides is 1. The first-order valence-corrected chi connectivity index (χ1v) is 8.03. The van der Waals surface area contributed by atoms with E-state index < -0.39 is 0 Å². The van der Waals surface area contributed by atoms with Gasteiger partial charge in [0.1, 0.15) is 0 Å². The predicted molar refractivity (Wildman–Crippen MR) is 92.4 cm³/mol. The molecule has 0 spiro atoms. The third-order valence-electron chi connectivity index (χ3n) is 4.35. The first kappa shape index (κ1) is 16.6. The zero-order valence-corrected chi connectivity index (χ0v) is 13.7. The van der Waals surface area contributed by atoms with Gasteiger partial charge in [-0.1, -0.05) is 24.6 Å². The maximum absolute atomic E-state index is 12.8. The quantitative estimate of drug-likeness (QED) is 0.821. The number of para-hydroxylation sites is 1. The molecular weight excluding hydrogens is 274 g/mol. The summed E-state index contributed by atoms with van der Waals surface area (Å²) in [6.45, 7) is 6.27. The van der Waals surface area contributed by atoms with Gasteiger partial charge in [-0.05, 0) is 38.6 Å². The van der Waals surface area contributed by atoms with E-state index in [-0.39, 0.29) is 5.91 Å². The Morgan fingerprint density at radius 3 is 2.95 bits per heavy atom. The van der Waals surface area contributed by atoms with Crippen LogP contribution in [0.2, 0.25) is 0 Å². The minimum absolute atomic E-state index is 0.0751. The van der Waals surface area contributed by atoms with Crippen LogP contribution in [-0.2, 0) is 0 Å². The molecule has 22 heavy (non-hydrogen) atoms. The molecule has 1 aromatic rings. The number of likely N-dealkylation sites (tertiary alicyclic amines) is 1. The van der Waals surface area contributed by atoms with Crippen LogP contribution in [-0.4, -0.2) is 55.5 Å². The molecule has 1 aromatic carbocycles. The summed E-state index contributed by atoms with van der Waals surface area (Å²) in [6, 6.07) is 8.15. The van der Waals surface area contributed by atoms with Gasteiger partial charge in [0.15, 0.2) is 0 Å². The lowest BCUT2D eigenvalue weighted by atomic mass is 10.0. The molecule has 0 aliphatic carbocycles. The Morgan fingerprint density at radius 1 is 1.45 bits per heavy atom. The second-order valence-electron chi connectivity index (χ2n) is 6.03. The highest BCUT2D eigenvalue weighted by atomic mass is 16.2. The van der Waals surface area contributed by atoms with Crippen molar-refractivity contribution in [1.82, 2.24) is 9.80 Å². The molecule has 0 bridgehead atoms. The second-order valence-corrected chi connectivity index (χ2v) is 6.03. The lowest BCUT2D eigenvalue weighted by molar-refractivity contribution is 0.0718. The highest BCUT2D eigenvalue weighted by Crippen LogP contribution is 2.19. The normalized spacial score (nSPS) is 18.7. The first-order chi connectivity index (χ1) is 10.6. The lowest BCUT2D eigenvalue weighted by Crippen LogP contribution is -2.45. The van der Waals surface area contributed by atoms with Gasteiger partial charge in [-0.25, -0.2) is 0 Å². The SMILES string of the molecule is C=CCNc1ccccc1C(=O)N(C)C[C@@H]1CCCCN1C. The molecule has 0 saturated carbocycles. The Morgan fingerprint density at radius 2 is 2.23 bits per heavy atom. The molecule has 4 heteroatoms. The van der Waals surface area contributed by atoms with Gasteiger partial charge in [0.2, 0.25) is 0 Å². The number of hydrogen-bond donors (Lipinski definition) is 1. The van der Waals surface area contributed by atoms with Crippen LogP contribution < -0.4 is 5.32 Å². The molecule has 0 unspecified atom stereocenters. The zero-order valence-electron chi connectivity index (χ0n) is 13.7. The summed E-state index contributed by atoms with van der Waals surface area (Å²) in [4.78, 5) is 17.0. The number of hydrogen-bond acceptors (Lipinski definition) is 3. The van der Waals surface area contributed by atoms with Crippen LogP contribution in [0.3, 0.4) is 0 Å². The molecule has 1 aliphatic rings. The van der Waals surface area contributed by atoms with Crippen molar-refractivity contribution < 1.29 is 4.79 Å². The highest BCUT2D eigenvalue weighted by molar-refractivity contribution is 5.99. The molecule has 1 saturated heterocycles. The van der Waals surface area contributed by atoms with Crippen molar-refractivity contribution in [3.05, 3.63) is 42.5 Å². The number of nitrogens with zero attached hydrogens (tertiary/aromatic N) is 2. The fourth-order valence-electron chi connectivity index (χ4n) is 2.99. The van der Waals surface area contributed by atoms with E-state index in [1.807, 2.05) is 36.2 Å². The fraction of sp³-hybridized carbons (Fsp3) is 0.500. The maximum Gasteiger partial charge on any atom is 0.255 e. The Kier molecular flexibility index (Phi) is 6.01. The third-order valence-corrected chi connectivity index (χ3v) is 4.35. The Labute approximate surface area is 133 Å². The summed E-state index contributed by atoms with van der Waals surface area (Å²) in [5.74, 6) is 0.0751. The average Bonchev–Trinajstić information content (AvgIpc) is 2.54. The molecule has 120 valence electrons.